The van der Waals surface area contributed by atoms with Crippen LogP contribution in [0.25, 0.3) is 20.9 Å². The molecule has 0 radical (unpaired) electrons. The van der Waals surface area contributed by atoms with Gasteiger partial charge >= 0.3 is 5.97 Å². The summed E-state index contributed by atoms with van der Waals surface area (Å²) in [5.74, 6) is -0.771. The van der Waals surface area contributed by atoms with E-state index in [1.54, 1.807) is 23.5 Å². The molecule has 1 fully saturated rings. The Kier molecular flexibility index (Phi) is 13.2. The SMILES string of the molecule is O=C(Cc1ccc(-c2cc(Cl)cc(Cl)c2)s1)NCCCN1CCOCC1.O=C(O)Cc1ccc(-c2cc(Cl)cc(Cl)c2)s1. The lowest BCUT2D eigenvalue weighted by molar-refractivity contribution is -0.136. The molecule has 6 nitrogen and oxygen atoms in total. The van der Waals surface area contributed by atoms with Gasteiger partial charge < -0.3 is 15.2 Å². The Morgan fingerprint density at radius 2 is 1.26 bits per heavy atom. The first-order valence-corrected chi connectivity index (χ1v) is 16.7. The van der Waals surface area contributed by atoms with Crippen molar-refractivity contribution in [2.45, 2.75) is 19.3 Å². The number of carbonyl (C=O) groups is 2. The predicted octanol–water partition coefficient (Wildman–Crippen LogP) is 8.45. The minimum atomic E-state index is -0.831. The number of morpholine rings is 1. The third-order valence-corrected chi connectivity index (χ3v) is 9.50. The van der Waals surface area contributed by atoms with Gasteiger partial charge in [0, 0.05) is 59.2 Å². The second kappa shape index (κ2) is 16.8. The summed E-state index contributed by atoms with van der Waals surface area (Å²) < 4.78 is 5.33. The summed E-state index contributed by atoms with van der Waals surface area (Å²) in [7, 11) is 0. The zero-order chi connectivity index (χ0) is 30.8. The smallest absolute Gasteiger partial charge is 0.308 e. The van der Waals surface area contributed by atoms with Crippen LogP contribution in [0.5, 0.6) is 0 Å². The van der Waals surface area contributed by atoms with Crippen molar-refractivity contribution in [3.8, 4) is 20.9 Å². The topological polar surface area (TPSA) is 78.9 Å². The quantitative estimate of drug-likeness (QED) is 0.163. The zero-order valence-corrected chi connectivity index (χ0v) is 27.7. The molecule has 1 aliphatic rings. The second-order valence-electron chi connectivity index (χ2n) is 9.75. The Morgan fingerprint density at radius 1 is 0.767 bits per heavy atom. The van der Waals surface area contributed by atoms with Gasteiger partial charge in [0.1, 0.15) is 0 Å². The lowest BCUT2D eigenvalue weighted by Gasteiger charge is -2.26. The van der Waals surface area contributed by atoms with Crippen LogP contribution in [-0.4, -0.2) is 61.3 Å². The predicted molar refractivity (Wildman–Crippen MR) is 179 cm³/mol. The van der Waals surface area contributed by atoms with Crippen molar-refractivity contribution in [2.24, 2.45) is 0 Å². The maximum atomic E-state index is 12.1. The fourth-order valence-corrected chi connectivity index (χ4v) is 7.41. The second-order valence-corrected chi connectivity index (χ2v) is 13.8. The highest BCUT2D eigenvalue weighted by Gasteiger charge is 2.12. The number of nitrogens with one attached hydrogen (secondary N) is 1. The van der Waals surface area contributed by atoms with Crippen LogP contribution >= 0.6 is 69.1 Å². The summed E-state index contributed by atoms with van der Waals surface area (Å²) in [6.07, 6.45) is 1.40. The Balaban J connectivity index is 0.000000215. The molecule has 2 N–H and O–H groups in total. The van der Waals surface area contributed by atoms with Crippen molar-refractivity contribution in [1.29, 1.82) is 0 Å². The number of rotatable bonds is 10. The van der Waals surface area contributed by atoms with Crippen molar-refractivity contribution >= 4 is 81.0 Å². The Bertz CT molecular complexity index is 1500. The Hall–Kier alpha value is -2.14. The first kappa shape index (κ1) is 33.7. The lowest BCUT2D eigenvalue weighted by atomic mass is 10.2. The third kappa shape index (κ3) is 11.4. The molecule has 1 aliphatic heterocycles. The molecule has 1 amide bonds. The van der Waals surface area contributed by atoms with Crippen LogP contribution in [0.2, 0.25) is 20.1 Å². The molecule has 2 aromatic heterocycles. The van der Waals surface area contributed by atoms with Gasteiger partial charge in [-0.15, -0.1) is 22.7 Å². The van der Waals surface area contributed by atoms with Crippen molar-refractivity contribution in [1.82, 2.24) is 10.2 Å². The van der Waals surface area contributed by atoms with Gasteiger partial charge in [-0.2, -0.15) is 0 Å². The van der Waals surface area contributed by atoms with Crippen LogP contribution in [0.4, 0.5) is 0 Å². The van der Waals surface area contributed by atoms with Crippen LogP contribution in [0.3, 0.4) is 0 Å². The number of carboxylic acid groups (broad SMARTS) is 1. The van der Waals surface area contributed by atoms with E-state index in [2.05, 4.69) is 10.2 Å². The fraction of sp³-hybridized carbons (Fsp3) is 0.290. The van der Waals surface area contributed by atoms with Gasteiger partial charge in [-0.25, -0.2) is 0 Å². The molecule has 5 rings (SSSR count). The van der Waals surface area contributed by atoms with Crippen LogP contribution < -0.4 is 5.32 Å². The minimum Gasteiger partial charge on any atom is -0.481 e. The molecule has 1 saturated heterocycles. The molecule has 0 spiro atoms. The van der Waals surface area contributed by atoms with Gasteiger partial charge in [0.25, 0.3) is 0 Å². The Morgan fingerprint density at radius 3 is 1.74 bits per heavy atom. The summed E-state index contributed by atoms with van der Waals surface area (Å²) in [6.45, 7) is 5.30. The maximum absolute atomic E-state index is 12.1. The van der Waals surface area contributed by atoms with E-state index >= 15 is 0 Å². The number of amides is 1. The van der Waals surface area contributed by atoms with Gasteiger partial charge in [0.15, 0.2) is 0 Å². The van der Waals surface area contributed by atoms with E-state index in [-0.39, 0.29) is 12.3 Å². The highest BCUT2D eigenvalue weighted by molar-refractivity contribution is 7.15. The molecule has 0 saturated carbocycles. The molecule has 12 heteroatoms. The summed E-state index contributed by atoms with van der Waals surface area (Å²) in [5.41, 5.74) is 1.88. The number of halogens is 4. The average molecular weight is 701 g/mol. The van der Waals surface area contributed by atoms with E-state index in [4.69, 9.17) is 56.2 Å². The van der Waals surface area contributed by atoms with Crippen molar-refractivity contribution < 1.29 is 19.4 Å². The first-order chi connectivity index (χ1) is 20.6. The van der Waals surface area contributed by atoms with E-state index < -0.39 is 5.97 Å². The number of thiophene rings is 2. The molecule has 0 aliphatic carbocycles. The van der Waals surface area contributed by atoms with E-state index in [1.165, 1.54) is 11.3 Å². The molecule has 2 aromatic carbocycles. The molecule has 0 bridgehead atoms. The summed E-state index contributed by atoms with van der Waals surface area (Å²) >= 11 is 27.0. The van der Waals surface area contributed by atoms with Gasteiger partial charge in [0.2, 0.25) is 5.91 Å². The monoisotopic (exact) mass is 698 g/mol. The zero-order valence-electron chi connectivity index (χ0n) is 23.1. The lowest BCUT2D eigenvalue weighted by Crippen LogP contribution is -2.38. The van der Waals surface area contributed by atoms with E-state index in [1.807, 2.05) is 48.5 Å². The molecule has 0 atom stereocenters. The maximum Gasteiger partial charge on any atom is 0.308 e. The molecule has 228 valence electrons. The van der Waals surface area contributed by atoms with Crippen LogP contribution in [0.15, 0.2) is 60.7 Å². The largest absolute Gasteiger partial charge is 0.481 e. The molecule has 43 heavy (non-hydrogen) atoms. The standard InChI is InChI=1S/C19H22Cl2N2O2S.C12H8Cl2O2S/c20-15-10-14(11-16(21)12-15)18-3-2-17(26-18)13-19(24)22-4-1-5-23-6-8-25-9-7-23;13-8-3-7(4-9(14)5-8)11-2-1-10(17-11)6-12(15)16/h2-3,10-12H,1,4-9,13H2,(H,22,24);1-5H,6H2,(H,15,16). The third-order valence-electron chi connectivity index (χ3n) is 6.35. The number of carboxylic acids is 1. The molecule has 0 unspecified atom stereocenters. The van der Waals surface area contributed by atoms with E-state index in [0.717, 1.165) is 69.9 Å². The molecule has 4 aromatic rings. The number of nitrogens with zero attached hydrogens (tertiary/aromatic N) is 1. The van der Waals surface area contributed by atoms with Crippen LogP contribution in [0.1, 0.15) is 16.2 Å². The van der Waals surface area contributed by atoms with Gasteiger partial charge in [-0.3, -0.25) is 14.5 Å². The first-order valence-electron chi connectivity index (χ1n) is 13.5. The number of hydrogen-bond acceptors (Lipinski definition) is 6. The number of benzene rings is 2. The van der Waals surface area contributed by atoms with E-state index in [9.17, 15) is 9.59 Å². The number of hydrogen-bond donors (Lipinski definition) is 2. The highest BCUT2D eigenvalue weighted by atomic mass is 35.5. The van der Waals surface area contributed by atoms with Crippen LogP contribution in [0, 0.1) is 0 Å². The highest BCUT2D eigenvalue weighted by Crippen LogP contribution is 2.33. The normalized spacial score (nSPS) is 13.3. The van der Waals surface area contributed by atoms with Gasteiger partial charge in [0.05, 0.1) is 26.1 Å². The van der Waals surface area contributed by atoms with Crippen molar-refractivity contribution in [3.05, 3.63) is 90.5 Å². The molecular weight excluding hydrogens is 670 g/mol. The number of ether oxygens (including phenoxy) is 1. The van der Waals surface area contributed by atoms with Gasteiger partial charge in [-0.1, -0.05) is 46.4 Å². The van der Waals surface area contributed by atoms with Crippen molar-refractivity contribution in [3.63, 3.8) is 0 Å². The molecule has 3 heterocycles. The summed E-state index contributed by atoms with van der Waals surface area (Å²) in [5, 5.41) is 14.1. The molecular formula is C31H30Cl4N2O4S2. The fourth-order valence-electron chi connectivity index (χ4n) is 4.37. The summed E-state index contributed by atoms with van der Waals surface area (Å²) in [6, 6.07) is 18.4. The Labute approximate surface area is 279 Å². The average Bonchev–Trinajstić information content (AvgIpc) is 3.61. The number of aliphatic carboxylic acids is 1. The minimum absolute atomic E-state index is 0.0406. The van der Waals surface area contributed by atoms with E-state index in [0.29, 0.717) is 33.1 Å². The summed E-state index contributed by atoms with van der Waals surface area (Å²) in [4.78, 5) is 29.0. The van der Waals surface area contributed by atoms with Crippen molar-refractivity contribution in [2.75, 3.05) is 39.4 Å². The number of carbonyl (C=O) groups excluding carboxylic acids is 1. The van der Waals surface area contributed by atoms with Gasteiger partial charge in [-0.05, 0) is 84.8 Å². The van der Waals surface area contributed by atoms with Crippen LogP contribution in [-0.2, 0) is 27.2 Å².